The minimum atomic E-state index is -5.51. The van der Waals surface area contributed by atoms with Crippen LogP contribution in [0.3, 0.4) is 0 Å². The van der Waals surface area contributed by atoms with Crippen LogP contribution in [-0.2, 0) is 4.74 Å². The van der Waals surface area contributed by atoms with Crippen LogP contribution >= 0.6 is 0 Å². The molecule has 102 valence electrons. The lowest BCUT2D eigenvalue weighted by atomic mass is 9.66. The van der Waals surface area contributed by atoms with Crippen molar-refractivity contribution in [2.45, 2.75) is 50.9 Å². The first-order chi connectivity index (χ1) is 7.37. The molecule has 2 unspecified atom stereocenters. The molecule has 1 rings (SSSR count). The smallest absolute Gasteiger partial charge is 0.392 e. The highest BCUT2D eigenvalue weighted by Crippen LogP contribution is 2.46. The lowest BCUT2D eigenvalue weighted by Crippen LogP contribution is -2.59. The topological polar surface area (TPSA) is 29.5 Å². The van der Waals surface area contributed by atoms with Crippen molar-refractivity contribution in [2.24, 2.45) is 5.41 Å². The molecule has 1 N–H and O–H groups in total. The number of ether oxygens (including phenoxy) is 1. The molecule has 0 aromatic heterocycles. The van der Waals surface area contributed by atoms with E-state index in [1.807, 2.05) is 0 Å². The second kappa shape index (κ2) is 4.01. The molecule has 0 amide bonds. The number of hydrogen-bond acceptors (Lipinski definition) is 2. The summed E-state index contributed by atoms with van der Waals surface area (Å²) in [6, 6.07) is 0. The van der Waals surface area contributed by atoms with Gasteiger partial charge in [-0.2, -0.15) is 26.3 Å². The summed E-state index contributed by atoms with van der Waals surface area (Å²) in [6.07, 6.45) is -17.2. The third-order valence-electron chi connectivity index (χ3n) is 3.02. The predicted octanol–water partition coefficient (Wildman–Crippen LogP) is 2.66. The number of aliphatic hydroxyl groups excluding tert-OH is 1. The summed E-state index contributed by atoms with van der Waals surface area (Å²) < 4.78 is 77.2. The summed E-state index contributed by atoms with van der Waals surface area (Å²) in [7, 11) is 0. The van der Waals surface area contributed by atoms with E-state index >= 15 is 0 Å². The van der Waals surface area contributed by atoms with Gasteiger partial charge in [0.2, 0.25) is 6.10 Å². The van der Waals surface area contributed by atoms with Gasteiger partial charge in [-0.1, -0.05) is 13.8 Å². The van der Waals surface area contributed by atoms with Crippen molar-refractivity contribution >= 4 is 0 Å². The minimum Gasteiger partial charge on any atom is -0.392 e. The molecule has 0 saturated heterocycles. The van der Waals surface area contributed by atoms with Gasteiger partial charge in [0.1, 0.15) is 0 Å². The molecule has 0 spiro atoms. The van der Waals surface area contributed by atoms with Gasteiger partial charge in [-0.3, -0.25) is 0 Å². The zero-order chi connectivity index (χ0) is 13.6. The maximum absolute atomic E-state index is 12.2. The average Bonchev–Trinajstić information content (AvgIpc) is 2.07. The number of rotatable bonds is 2. The van der Waals surface area contributed by atoms with Crippen molar-refractivity contribution in [3.8, 4) is 0 Å². The van der Waals surface area contributed by atoms with Gasteiger partial charge in [-0.05, 0) is 0 Å². The molecule has 17 heavy (non-hydrogen) atoms. The van der Waals surface area contributed by atoms with Crippen LogP contribution in [0.4, 0.5) is 26.3 Å². The molecular formula is C9H12F6O2. The van der Waals surface area contributed by atoms with Crippen LogP contribution in [0.5, 0.6) is 0 Å². The lowest BCUT2D eigenvalue weighted by Gasteiger charge is -2.49. The Bertz CT molecular complexity index is 268. The van der Waals surface area contributed by atoms with Gasteiger partial charge in [-0.25, -0.2) is 0 Å². The van der Waals surface area contributed by atoms with E-state index in [1.54, 1.807) is 0 Å². The molecule has 0 aliphatic heterocycles. The van der Waals surface area contributed by atoms with Crippen molar-refractivity contribution in [2.75, 3.05) is 0 Å². The fourth-order valence-corrected chi connectivity index (χ4v) is 1.60. The monoisotopic (exact) mass is 266 g/mol. The van der Waals surface area contributed by atoms with Gasteiger partial charge in [0, 0.05) is 11.8 Å². The maximum Gasteiger partial charge on any atom is 0.423 e. The van der Waals surface area contributed by atoms with E-state index in [1.165, 1.54) is 13.8 Å². The van der Waals surface area contributed by atoms with Crippen LogP contribution in [-0.4, -0.2) is 35.8 Å². The van der Waals surface area contributed by atoms with Crippen molar-refractivity contribution in [3.63, 3.8) is 0 Å². The highest BCUT2D eigenvalue weighted by atomic mass is 19.4. The minimum absolute atomic E-state index is 0.227. The average molecular weight is 266 g/mol. The van der Waals surface area contributed by atoms with Crippen molar-refractivity contribution in [1.29, 1.82) is 0 Å². The maximum atomic E-state index is 12.2. The van der Waals surface area contributed by atoms with Gasteiger partial charge >= 0.3 is 12.4 Å². The lowest BCUT2D eigenvalue weighted by molar-refractivity contribution is -0.352. The van der Waals surface area contributed by atoms with Crippen LogP contribution in [0.15, 0.2) is 0 Å². The van der Waals surface area contributed by atoms with E-state index in [9.17, 15) is 31.4 Å². The van der Waals surface area contributed by atoms with Gasteiger partial charge in [0.15, 0.2) is 0 Å². The second-order valence-electron chi connectivity index (χ2n) is 4.66. The van der Waals surface area contributed by atoms with Gasteiger partial charge in [-0.15, -0.1) is 0 Å². The Morgan fingerprint density at radius 3 is 1.76 bits per heavy atom. The molecule has 0 bridgehead atoms. The number of hydrogen-bond donors (Lipinski definition) is 1. The zero-order valence-electron chi connectivity index (χ0n) is 9.06. The normalized spacial score (nSPS) is 29.3. The summed E-state index contributed by atoms with van der Waals surface area (Å²) in [5.41, 5.74) is -1.10. The predicted molar refractivity (Wildman–Crippen MR) is 45.2 cm³/mol. The first-order valence-corrected chi connectivity index (χ1v) is 4.83. The van der Waals surface area contributed by atoms with Crippen LogP contribution in [0, 0.1) is 5.41 Å². The second-order valence-corrected chi connectivity index (χ2v) is 4.66. The molecule has 1 fully saturated rings. The number of halogens is 6. The molecular weight excluding hydrogens is 254 g/mol. The fraction of sp³-hybridized carbons (Fsp3) is 1.00. The molecule has 0 heterocycles. The van der Waals surface area contributed by atoms with Crippen LogP contribution < -0.4 is 0 Å². The quantitative estimate of drug-likeness (QED) is 0.778. The first-order valence-electron chi connectivity index (χ1n) is 4.83. The van der Waals surface area contributed by atoms with E-state index in [0.29, 0.717) is 0 Å². The van der Waals surface area contributed by atoms with Crippen molar-refractivity contribution < 1.29 is 36.2 Å². The Balaban J connectivity index is 2.77. The third-order valence-corrected chi connectivity index (χ3v) is 3.02. The SMILES string of the molecule is CC1(C)C(O)CC1OC(C(F)(F)F)C(F)(F)F. The fourth-order valence-electron chi connectivity index (χ4n) is 1.60. The molecule has 1 saturated carbocycles. The van der Waals surface area contributed by atoms with E-state index in [4.69, 9.17) is 0 Å². The molecule has 8 heteroatoms. The summed E-state index contributed by atoms with van der Waals surface area (Å²) in [6.45, 7) is 2.71. The molecule has 2 nitrogen and oxygen atoms in total. The summed E-state index contributed by atoms with van der Waals surface area (Å²) in [5, 5.41) is 9.22. The molecule has 2 atom stereocenters. The van der Waals surface area contributed by atoms with Gasteiger partial charge in [0.05, 0.1) is 12.2 Å². The van der Waals surface area contributed by atoms with Crippen molar-refractivity contribution in [3.05, 3.63) is 0 Å². The number of alkyl halides is 6. The molecule has 0 aromatic rings. The van der Waals surface area contributed by atoms with Gasteiger partial charge < -0.3 is 9.84 Å². The Kier molecular flexibility index (Phi) is 3.44. The Hall–Kier alpha value is -0.500. The Morgan fingerprint density at radius 2 is 1.53 bits per heavy atom. The number of aliphatic hydroxyl groups is 1. The molecule has 1 aliphatic rings. The zero-order valence-corrected chi connectivity index (χ0v) is 9.06. The highest BCUT2D eigenvalue weighted by molar-refractivity contribution is 4.99. The Morgan fingerprint density at radius 1 is 1.12 bits per heavy atom. The van der Waals surface area contributed by atoms with E-state index in [2.05, 4.69) is 4.74 Å². The molecule has 1 aliphatic carbocycles. The van der Waals surface area contributed by atoms with E-state index in [-0.39, 0.29) is 6.42 Å². The van der Waals surface area contributed by atoms with Crippen LogP contribution in [0.2, 0.25) is 0 Å². The summed E-state index contributed by atoms with van der Waals surface area (Å²) in [5.74, 6) is 0. The largest absolute Gasteiger partial charge is 0.423 e. The summed E-state index contributed by atoms with van der Waals surface area (Å²) >= 11 is 0. The highest BCUT2D eigenvalue weighted by Gasteiger charge is 2.61. The molecule has 0 aromatic carbocycles. The standard InChI is InChI=1S/C9H12F6O2/c1-7(2)4(16)3-5(7)17-6(8(10,11)12)9(13,14)15/h4-6,16H,3H2,1-2H3. The third kappa shape index (κ3) is 2.85. The molecule has 0 radical (unpaired) electrons. The summed E-state index contributed by atoms with van der Waals surface area (Å²) in [4.78, 5) is 0. The Labute approximate surface area is 93.6 Å². The van der Waals surface area contributed by atoms with Crippen molar-refractivity contribution in [1.82, 2.24) is 0 Å². The van der Waals surface area contributed by atoms with Crippen LogP contribution in [0.1, 0.15) is 20.3 Å². The van der Waals surface area contributed by atoms with E-state index in [0.717, 1.165) is 0 Å². The van der Waals surface area contributed by atoms with Gasteiger partial charge in [0.25, 0.3) is 0 Å². The van der Waals surface area contributed by atoms with E-state index < -0.39 is 36.1 Å². The first kappa shape index (κ1) is 14.6. The van der Waals surface area contributed by atoms with Crippen LogP contribution in [0.25, 0.3) is 0 Å².